The molecule has 122 valence electrons. The van der Waals surface area contributed by atoms with E-state index in [2.05, 4.69) is 5.32 Å². The summed E-state index contributed by atoms with van der Waals surface area (Å²) in [5.41, 5.74) is -0.594. The Morgan fingerprint density at radius 2 is 2.10 bits per heavy atom. The fourth-order valence-electron chi connectivity index (χ4n) is 1.83. The van der Waals surface area contributed by atoms with Gasteiger partial charge in [-0.1, -0.05) is 6.92 Å². The van der Waals surface area contributed by atoms with E-state index < -0.39 is 35.6 Å². The highest BCUT2D eigenvalue weighted by molar-refractivity contribution is 7.99. The van der Waals surface area contributed by atoms with Crippen LogP contribution in [0, 0.1) is 0 Å². The zero-order valence-corrected chi connectivity index (χ0v) is 14.3. The zero-order chi connectivity index (χ0) is 16.3. The number of alkyl carbamates (subject to hydrolysis) is 1. The van der Waals surface area contributed by atoms with Crippen molar-refractivity contribution in [3.05, 3.63) is 0 Å². The molecule has 1 saturated heterocycles. The average Bonchev–Trinajstić information content (AvgIpc) is 2.55. The molecule has 0 spiro atoms. The number of cyclic esters (lactones) is 1. The van der Waals surface area contributed by atoms with Gasteiger partial charge in [0.1, 0.15) is 5.60 Å². The lowest BCUT2D eigenvalue weighted by atomic mass is 10.2. The minimum atomic E-state index is -0.966. The fourth-order valence-corrected chi connectivity index (χ4v) is 2.58. The summed E-state index contributed by atoms with van der Waals surface area (Å²) in [4.78, 5) is 23.8. The Bertz CT molecular complexity index is 391. The summed E-state index contributed by atoms with van der Waals surface area (Å²) in [5.74, 6) is -0.00630. The molecular formula is C14H25NO5S. The average molecular weight is 319 g/mol. The summed E-state index contributed by atoms with van der Waals surface area (Å²) in [6, 6.07) is -0.487. The summed E-state index contributed by atoms with van der Waals surface area (Å²) in [5, 5.41) is 2.71. The first-order valence-electron chi connectivity index (χ1n) is 7.02. The van der Waals surface area contributed by atoms with Crippen LogP contribution >= 0.6 is 11.8 Å². The molecule has 1 heterocycles. The smallest absolute Gasteiger partial charge is 0.408 e. The van der Waals surface area contributed by atoms with Gasteiger partial charge in [0.15, 0.2) is 6.10 Å². The van der Waals surface area contributed by atoms with Crippen LogP contribution < -0.4 is 5.32 Å². The quantitative estimate of drug-likeness (QED) is 0.784. The first-order valence-corrected chi connectivity index (χ1v) is 8.17. The molecule has 0 aromatic heterocycles. The highest BCUT2D eigenvalue weighted by Gasteiger charge is 2.45. The molecule has 0 radical (unpaired) electrons. The number of amides is 1. The Kier molecular flexibility index (Phi) is 5.92. The third kappa shape index (κ3) is 6.13. The summed E-state index contributed by atoms with van der Waals surface area (Å²) < 4.78 is 16.0. The van der Waals surface area contributed by atoms with Gasteiger partial charge in [0, 0.05) is 19.6 Å². The van der Waals surface area contributed by atoms with Crippen LogP contribution in [0.4, 0.5) is 4.79 Å². The molecule has 1 fully saturated rings. The van der Waals surface area contributed by atoms with Gasteiger partial charge in [-0.15, -0.1) is 0 Å². The van der Waals surface area contributed by atoms with Crippen LogP contribution in [0.3, 0.4) is 0 Å². The van der Waals surface area contributed by atoms with Gasteiger partial charge in [0.25, 0.3) is 0 Å². The lowest BCUT2D eigenvalue weighted by molar-refractivity contribution is -0.161. The van der Waals surface area contributed by atoms with Crippen molar-refractivity contribution >= 4 is 23.8 Å². The van der Waals surface area contributed by atoms with Crippen LogP contribution in [-0.4, -0.2) is 47.1 Å². The van der Waals surface area contributed by atoms with E-state index in [0.29, 0.717) is 5.75 Å². The largest absolute Gasteiger partial charge is 0.444 e. The van der Waals surface area contributed by atoms with Crippen LogP contribution in [0.2, 0.25) is 0 Å². The molecule has 6 nitrogen and oxygen atoms in total. The van der Waals surface area contributed by atoms with Crippen molar-refractivity contribution in [3.63, 3.8) is 0 Å². The zero-order valence-electron chi connectivity index (χ0n) is 13.5. The van der Waals surface area contributed by atoms with E-state index in [-0.39, 0.29) is 0 Å². The highest BCUT2D eigenvalue weighted by atomic mass is 32.2. The molecule has 7 heteroatoms. The van der Waals surface area contributed by atoms with Crippen molar-refractivity contribution < 1.29 is 23.8 Å². The molecule has 1 aliphatic heterocycles. The number of esters is 1. The van der Waals surface area contributed by atoms with Crippen molar-refractivity contribution in [1.29, 1.82) is 0 Å². The van der Waals surface area contributed by atoms with Gasteiger partial charge in [0.05, 0.1) is 6.04 Å². The molecule has 2 atom stereocenters. The maximum absolute atomic E-state index is 11.9. The van der Waals surface area contributed by atoms with Crippen LogP contribution in [0.15, 0.2) is 0 Å². The highest BCUT2D eigenvalue weighted by Crippen LogP contribution is 2.27. The fraction of sp³-hybridized carbons (Fsp3) is 0.857. The van der Waals surface area contributed by atoms with Crippen LogP contribution in [-0.2, 0) is 19.0 Å². The van der Waals surface area contributed by atoms with Gasteiger partial charge >= 0.3 is 12.1 Å². The van der Waals surface area contributed by atoms with Crippen LogP contribution in [0.1, 0.15) is 41.5 Å². The molecule has 1 unspecified atom stereocenters. The molecule has 0 bridgehead atoms. The minimum absolute atomic E-state index is 0.460. The number of carbonyl (C=O) groups is 2. The molecule has 0 aromatic rings. The minimum Gasteiger partial charge on any atom is -0.444 e. The number of hydrogen-bond acceptors (Lipinski definition) is 6. The Hall–Kier alpha value is -0.950. The second kappa shape index (κ2) is 6.87. The van der Waals surface area contributed by atoms with Crippen LogP contribution in [0.25, 0.3) is 0 Å². The number of rotatable bonds is 5. The predicted molar refractivity (Wildman–Crippen MR) is 81.2 cm³/mol. The normalized spacial score (nSPS) is 22.6. The Labute approximate surface area is 130 Å². The van der Waals surface area contributed by atoms with E-state index in [0.717, 1.165) is 5.75 Å². The number of carbonyl (C=O) groups excluding carboxylic acids is 2. The maximum Gasteiger partial charge on any atom is 0.408 e. The van der Waals surface area contributed by atoms with Crippen molar-refractivity contribution in [3.8, 4) is 0 Å². The van der Waals surface area contributed by atoms with E-state index >= 15 is 0 Å². The molecule has 1 aliphatic rings. The van der Waals surface area contributed by atoms with Crippen LogP contribution in [0.5, 0.6) is 0 Å². The van der Waals surface area contributed by atoms with Crippen molar-refractivity contribution in [1.82, 2.24) is 5.32 Å². The van der Waals surface area contributed by atoms with E-state index in [1.807, 2.05) is 6.92 Å². The number of hydrogen-bond donors (Lipinski definition) is 1. The molecule has 21 heavy (non-hydrogen) atoms. The van der Waals surface area contributed by atoms with Gasteiger partial charge in [-0.25, -0.2) is 9.59 Å². The van der Waals surface area contributed by atoms with Crippen molar-refractivity contribution in [2.75, 3.05) is 11.5 Å². The summed E-state index contributed by atoms with van der Waals surface area (Å²) in [6.07, 6.45) is -1.38. The summed E-state index contributed by atoms with van der Waals surface area (Å²) >= 11 is 1.61. The number of thioether (sulfide) groups is 1. The van der Waals surface area contributed by atoms with Crippen molar-refractivity contribution in [2.45, 2.75) is 65.1 Å². The SMILES string of the molecule is CCSC[C@H](NC(=O)OC(C)(C)C)C1OC(C)(C)OC1=O. The van der Waals surface area contributed by atoms with Crippen molar-refractivity contribution in [2.24, 2.45) is 0 Å². The van der Waals surface area contributed by atoms with E-state index in [1.165, 1.54) is 0 Å². The standard InChI is InChI=1S/C14H25NO5S/c1-7-21-8-9(15-12(17)20-13(2,3)4)10-11(16)19-14(5,6)18-10/h9-10H,7-8H2,1-6H3,(H,15,17)/t9-,10?/m0/s1. The Morgan fingerprint density at radius 1 is 1.48 bits per heavy atom. The predicted octanol–water partition coefficient (Wildman–Crippen LogP) is 2.31. The monoisotopic (exact) mass is 319 g/mol. The Morgan fingerprint density at radius 3 is 2.52 bits per heavy atom. The van der Waals surface area contributed by atoms with E-state index in [1.54, 1.807) is 46.4 Å². The lowest BCUT2D eigenvalue weighted by Gasteiger charge is -2.25. The molecule has 1 amide bonds. The second-order valence-electron chi connectivity index (χ2n) is 6.27. The number of ether oxygens (including phenoxy) is 3. The molecule has 0 saturated carbocycles. The van der Waals surface area contributed by atoms with E-state index in [4.69, 9.17) is 14.2 Å². The van der Waals surface area contributed by atoms with Gasteiger partial charge in [-0.2, -0.15) is 11.8 Å². The first kappa shape index (κ1) is 18.1. The Balaban J connectivity index is 2.72. The molecule has 0 aliphatic carbocycles. The van der Waals surface area contributed by atoms with Gasteiger partial charge in [-0.05, 0) is 26.5 Å². The van der Waals surface area contributed by atoms with Gasteiger partial charge < -0.3 is 19.5 Å². The third-order valence-corrected chi connectivity index (χ3v) is 3.56. The molecule has 0 aromatic carbocycles. The van der Waals surface area contributed by atoms with Gasteiger partial charge in [-0.3, -0.25) is 0 Å². The van der Waals surface area contributed by atoms with E-state index in [9.17, 15) is 9.59 Å². The summed E-state index contributed by atoms with van der Waals surface area (Å²) in [6.45, 7) is 10.7. The van der Waals surface area contributed by atoms with Gasteiger partial charge in [0.2, 0.25) is 5.79 Å². The third-order valence-electron chi connectivity index (χ3n) is 2.56. The lowest BCUT2D eigenvalue weighted by Crippen LogP contribution is -2.49. The molecule has 1 rings (SSSR count). The number of nitrogens with one attached hydrogen (secondary N) is 1. The topological polar surface area (TPSA) is 73.9 Å². The molecule has 1 N–H and O–H groups in total. The second-order valence-corrected chi connectivity index (χ2v) is 7.59. The first-order chi connectivity index (χ1) is 9.54. The summed E-state index contributed by atoms with van der Waals surface area (Å²) in [7, 11) is 0. The maximum atomic E-state index is 11.9. The molecular weight excluding hydrogens is 294 g/mol.